The average Bonchev–Trinajstić information content (AvgIpc) is 3.64. The second-order valence-corrected chi connectivity index (χ2v) is 14.9. The predicted molar refractivity (Wildman–Crippen MR) is 247 cm³/mol. The van der Waals surface area contributed by atoms with Gasteiger partial charge in [0.05, 0.1) is 16.7 Å². The Morgan fingerprint density at radius 1 is 0.293 bits per heavy atom. The molecule has 0 saturated carbocycles. The normalized spacial score (nSPS) is 11.4. The molecule has 2 nitrogen and oxygen atoms in total. The summed E-state index contributed by atoms with van der Waals surface area (Å²) in [6.07, 6.45) is 0. The molecule has 2 heteroatoms. The number of fused-ring (bicyclic) bond motifs is 5. The highest BCUT2D eigenvalue weighted by Crippen LogP contribution is 2.44. The van der Waals surface area contributed by atoms with Crippen LogP contribution < -0.4 is 4.90 Å². The zero-order chi connectivity index (χ0) is 38.4. The molecule has 0 spiro atoms. The Labute approximate surface area is 338 Å². The van der Waals surface area contributed by atoms with Gasteiger partial charge in [0.25, 0.3) is 0 Å². The third-order valence-corrected chi connectivity index (χ3v) is 11.6. The lowest BCUT2D eigenvalue weighted by Gasteiger charge is -2.28. The largest absolute Gasteiger partial charge is 0.310 e. The van der Waals surface area contributed by atoms with Crippen molar-refractivity contribution in [3.8, 4) is 39.1 Å². The first kappa shape index (κ1) is 33.6. The predicted octanol–water partition coefficient (Wildman–Crippen LogP) is 15.6. The van der Waals surface area contributed by atoms with Crippen LogP contribution in [-0.4, -0.2) is 4.57 Å². The van der Waals surface area contributed by atoms with Crippen molar-refractivity contribution in [1.82, 2.24) is 4.57 Å². The first-order chi connectivity index (χ1) is 28.8. The van der Waals surface area contributed by atoms with Gasteiger partial charge in [0.2, 0.25) is 0 Å². The van der Waals surface area contributed by atoms with E-state index in [1.54, 1.807) is 0 Å². The lowest BCUT2D eigenvalue weighted by molar-refractivity contribution is 1.18. The maximum Gasteiger partial charge on any atom is 0.0541 e. The Kier molecular flexibility index (Phi) is 8.19. The number of nitrogens with zero attached hydrogens (tertiary/aromatic N) is 2. The Bertz CT molecular complexity index is 3220. The number of anilines is 3. The Balaban J connectivity index is 1.09. The Hall–Kier alpha value is -7.68. The number of para-hydroxylation sites is 2. The van der Waals surface area contributed by atoms with E-state index >= 15 is 0 Å². The average molecular weight is 739 g/mol. The highest BCUT2D eigenvalue weighted by Gasteiger charge is 2.19. The topological polar surface area (TPSA) is 8.17 Å². The second kappa shape index (κ2) is 14.1. The zero-order valence-electron chi connectivity index (χ0n) is 31.8. The van der Waals surface area contributed by atoms with Crippen LogP contribution >= 0.6 is 0 Å². The summed E-state index contributed by atoms with van der Waals surface area (Å²) >= 11 is 0. The third-order valence-electron chi connectivity index (χ3n) is 11.6. The maximum absolute atomic E-state index is 2.42. The fraction of sp³-hybridized carbons (Fsp3) is 0. The van der Waals surface area contributed by atoms with Crippen molar-refractivity contribution in [2.24, 2.45) is 0 Å². The fourth-order valence-electron chi connectivity index (χ4n) is 8.89. The summed E-state index contributed by atoms with van der Waals surface area (Å²) in [4.78, 5) is 2.42. The molecule has 0 aliphatic heterocycles. The monoisotopic (exact) mass is 738 g/mol. The number of hydrogen-bond donors (Lipinski definition) is 0. The molecule has 0 atom stereocenters. The van der Waals surface area contributed by atoms with Crippen LogP contribution in [0.2, 0.25) is 0 Å². The molecule has 0 aliphatic rings. The number of aromatic nitrogens is 1. The summed E-state index contributed by atoms with van der Waals surface area (Å²) in [5, 5.41) is 7.43. The van der Waals surface area contributed by atoms with Gasteiger partial charge in [-0.2, -0.15) is 0 Å². The molecule has 10 aromatic carbocycles. The van der Waals surface area contributed by atoms with Crippen molar-refractivity contribution in [1.29, 1.82) is 0 Å². The van der Waals surface area contributed by atoms with Gasteiger partial charge in [-0.25, -0.2) is 0 Å². The van der Waals surface area contributed by atoms with Crippen molar-refractivity contribution in [2.75, 3.05) is 4.90 Å². The Morgan fingerprint density at radius 2 is 0.828 bits per heavy atom. The fourth-order valence-corrected chi connectivity index (χ4v) is 8.89. The van der Waals surface area contributed by atoms with Gasteiger partial charge in [-0.05, 0) is 104 Å². The van der Waals surface area contributed by atoms with Crippen molar-refractivity contribution >= 4 is 60.4 Å². The third kappa shape index (κ3) is 5.74. The molecule has 58 heavy (non-hydrogen) atoms. The molecule has 0 N–H and O–H groups in total. The van der Waals surface area contributed by atoms with Gasteiger partial charge < -0.3 is 9.47 Å². The van der Waals surface area contributed by atoms with Gasteiger partial charge in [0.1, 0.15) is 0 Å². The van der Waals surface area contributed by atoms with Crippen molar-refractivity contribution in [2.45, 2.75) is 0 Å². The molecule has 0 saturated heterocycles. The molecule has 11 rings (SSSR count). The van der Waals surface area contributed by atoms with Crippen molar-refractivity contribution in [3.63, 3.8) is 0 Å². The van der Waals surface area contributed by atoms with Gasteiger partial charge in [-0.3, -0.25) is 0 Å². The van der Waals surface area contributed by atoms with Crippen LogP contribution in [0.15, 0.2) is 231 Å². The second-order valence-electron chi connectivity index (χ2n) is 14.9. The minimum atomic E-state index is 1.09. The molecule has 0 aliphatic carbocycles. The molecule has 0 bridgehead atoms. The van der Waals surface area contributed by atoms with Crippen LogP contribution in [-0.2, 0) is 0 Å². The lowest BCUT2D eigenvalue weighted by atomic mass is 9.93. The van der Waals surface area contributed by atoms with Crippen LogP contribution in [0.4, 0.5) is 17.1 Å². The van der Waals surface area contributed by atoms with Crippen LogP contribution in [0.1, 0.15) is 0 Å². The zero-order valence-corrected chi connectivity index (χ0v) is 31.8. The van der Waals surface area contributed by atoms with Crippen LogP contribution in [0.5, 0.6) is 0 Å². The summed E-state index contributed by atoms with van der Waals surface area (Å²) in [5.74, 6) is 0. The quantitative estimate of drug-likeness (QED) is 0.158. The van der Waals surface area contributed by atoms with E-state index in [2.05, 4.69) is 240 Å². The smallest absolute Gasteiger partial charge is 0.0541 e. The van der Waals surface area contributed by atoms with E-state index in [1.807, 2.05) is 0 Å². The van der Waals surface area contributed by atoms with E-state index < -0.39 is 0 Å². The number of hydrogen-bond acceptors (Lipinski definition) is 1. The summed E-state index contributed by atoms with van der Waals surface area (Å²) in [7, 11) is 0. The highest BCUT2D eigenvalue weighted by molar-refractivity contribution is 6.09. The van der Waals surface area contributed by atoms with Gasteiger partial charge >= 0.3 is 0 Å². The van der Waals surface area contributed by atoms with E-state index in [0.29, 0.717) is 0 Å². The number of benzene rings is 10. The van der Waals surface area contributed by atoms with Crippen LogP contribution in [0, 0.1) is 0 Å². The Morgan fingerprint density at radius 3 is 1.57 bits per heavy atom. The summed E-state index contributed by atoms with van der Waals surface area (Å²) in [6, 6.07) is 83.7. The van der Waals surface area contributed by atoms with E-state index in [9.17, 15) is 0 Å². The molecule has 0 radical (unpaired) electrons. The number of rotatable bonds is 7. The maximum atomic E-state index is 2.42. The molecule has 11 aromatic rings. The summed E-state index contributed by atoms with van der Waals surface area (Å²) in [5.41, 5.74) is 14.0. The van der Waals surface area contributed by atoms with Gasteiger partial charge in [-0.1, -0.05) is 176 Å². The minimum absolute atomic E-state index is 1.09. The van der Waals surface area contributed by atoms with Crippen LogP contribution in [0.25, 0.3) is 82.4 Å². The molecule has 0 fully saturated rings. The van der Waals surface area contributed by atoms with E-state index in [-0.39, 0.29) is 0 Å². The molecule has 0 unspecified atom stereocenters. The van der Waals surface area contributed by atoms with E-state index in [0.717, 1.165) is 22.7 Å². The molecule has 272 valence electrons. The highest BCUT2D eigenvalue weighted by atomic mass is 15.1. The first-order valence-electron chi connectivity index (χ1n) is 19.9. The van der Waals surface area contributed by atoms with Gasteiger partial charge in [-0.15, -0.1) is 0 Å². The summed E-state index contributed by atoms with van der Waals surface area (Å²) in [6.45, 7) is 0. The molecular formula is C56H38N2. The van der Waals surface area contributed by atoms with Gasteiger partial charge in [0.15, 0.2) is 0 Å². The standard InChI is InChI=1S/C56H38N2/c1-2-15-41(16-3-1)53-38-46(35-36-49(53)43-21-12-22-45(37-43)58-55-28-10-8-25-51(55)52-26-9-11-29-56(52)58)57(54-30-14-20-40-18-5-7-24-50(40)54)44-33-31-42(32-34-44)48-27-13-19-39-17-4-6-23-47(39)48/h1-38H. The lowest BCUT2D eigenvalue weighted by Crippen LogP contribution is -2.11. The first-order valence-corrected chi connectivity index (χ1v) is 19.9. The summed E-state index contributed by atoms with van der Waals surface area (Å²) < 4.78 is 2.40. The van der Waals surface area contributed by atoms with Gasteiger partial charge in [0, 0.05) is 33.2 Å². The van der Waals surface area contributed by atoms with Crippen molar-refractivity contribution < 1.29 is 0 Å². The molecular weight excluding hydrogens is 701 g/mol. The van der Waals surface area contributed by atoms with E-state index in [1.165, 1.54) is 76.7 Å². The molecule has 1 heterocycles. The SMILES string of the molecule is c1ccc(-c2cc(N(c3ccc(-c4cccc5ccccc45)cc3)c3cccc4ccccc34)ccc2-c2cccc(-n3c4ccccc4c4ccccc43)c2)cc1. The minimum Gasteiger partial charge on any atom is -0.310 e. The van der Waals surface area contributed by atoms with E-state index in [4.69, 9.17) is 0 Å². The molecule has 0 amide bonds. The van der Waals surface area contributed by atoms with Crippen molar-refractivity contribution in [3.05, 3.63) is 231 Å². The molecule has 1 aromatic heterocycles. The van der Waals surface area contributed by atoms with Crippen LogP contribution in [0.3, 0.4) is 0 Å².